The first-order valence-corrected chi connectivity index (χ1v) is 8.54. The molecular formula is C18H27N3O3. The van der Waals surface area contributed by atoms with Crippen LogP contribution in [-0.2, 0) is 9.53 Å². The van der Waals surface area contributed by atoms with Crippen LogP contribution in [0.4, 0.5) is 10.5 Å². The second-order valence-electron chi connectivity index (χ2n) is 6.24. The van der Waals surface area contributed by atoms with Gasteiger partial charge in [-0.25, -0.2) is 4.79 Å². The third-order valence-corrected chi connectivity index (χ3v) is 4.14. The number of hydrogen-bond donors (Lipinski definition) is 1. The van der Waals surface area contributed by atoms with Crippen molar-refractivity contribution in [3.63, 3.8) is 0 Å². The fourth-order valence-electron chi connectivity index (χ4n) is 2.81. The molecule has 0 bridgehead atoms. The van der Waals surface area contributed by atoms with Gasteiger partial charge in [0.25, 0.3) is 0 Å². The maximum absolute atomic E-state index is 12.5. The smallest absolute Gasteiger partial charge is 0.321 e. The molecule has 1 N–H and O–H groups in total. The highest BCUT2D eigenvalue weighted by molar-refractivity contribution is 5.90. The summed E-state index contributed by atoms with van der Waals surface area (Å²) in [6.07, 6.45) is 0. The van der Waals surface area contributed by atoms with E-state index in [0.29, 0.717) is 45.2 Å². The molecule has 2 rings (SSSR count). The van der Waals surface area contributed by atoms with Gasteiger partial charge in [0, 0.05) is 31.9 Å². The summed E-state index contributed by atoms with van der Waals surface area (Å²) in [6, 6.07) is 7.80. The van der Waals surface area contributed by atoms with E-state index in [0.717, 1.165) is 11.3 Å². The molecule has 0 radical (unpaired) electrons. The van der Waals surface area contributed by atoms with Crippen molar-refractivity contribution in [2.24, 2.45) is 0 Å². The van der Waals surface area contributed by atoms with Crippen molar-refractivity contribution >= 4 is 17.7 Å². The minimum Gasteiger partial charge on any atom is -0.465 e. The molecule has 0 spiro atoms. The summed E-state index contributed by atoms with van der Waals surface area (Å²) in [4.78, 5) is 27.8. The van der Waals surface area contributed by atoms with Crippen LogP contribution in [0.25, 0.3) is 0 Å². The number of para-hydroxylation sites is 1. The fraction of sp³-hybridized carbons (Fsp3) is 0.556. The van der Waals surface area contributed by atoms with E-state index in [1.165, 1.54) is 0 Å². The highest BCUT2D eigenvalue weighted by Crippen LogP contribution is 2.24. The second-order valence-corrected chi connectivity index (χ2v) is 6.24. The van der Waals surface area contributed by atoms with Crippen LogP contribution in [0.2, 0.25) is 0 Å². The van der Waals surface area contributed by atoms with Crippen molar-refractivity contribution in [3.8, 4) is 0 Å². The first-order chi connectivity index (χ1) is 11.5. The van der Waals surface area contributed by atoms with Crippen molar-refractivity contribution in [3.05, 3.63) is 29.8 Å². The lowest BCUT2D eigenvalue weighted by molar-refractivity contribution is -0.144. The molecule has 2 amide bonds. The standard InChI is InChI=1S/C18H27N3O3/c1-4-24-17(22)13-20-9-11-21(12-10-20)18(23)19-16-8-6-5-7-15(16)14(2)3/h5-8,14H,4,9-13H2,1-3H3,(H,19,23). The summed E-state index contributed by atoms with van der Waals surface area (Å²) in [5, 5.41) is 3.01. The molecule has 0 aliphatic carbocycles. The van der Waals surface area contributed by atoms with Crippen molar-refractivity contribution in [1.82, 2.24) is 9.80 Å². The molecule has 24 heavy (non-hydrogen) atoms. The predicted octanol–water partition coefficient (Wildman–Crippen LogP) is 2.52. The summed E-state index contributed by atoms with van der Waals surface area (Å²) in [5.74, 6) is 0.143. The largest absolute Gasteiger partial charge is 0.465 e. The number of nitrogens with zero attached hydrogens (tertiary/aromatic N) is 2. The van der Waals surface area contributed by atoms with Gasteiger partial charge in [0.2, 0.25) is 0 Å². The maximum atomic E-state index is 12.5. The molecule has 1 aromatic carbocycles. The predicted molar refractivity (Wildman–Crippen MR) is 94.2 cm³/mol. The molecule has 1 saturated heterocycles. The zero-order chi connectivity index (χ0) is 17.5. The summed E-state index contributed by atoms with van der Waals surface area (Å²) in [6.45, 7) is 9.28. The van der Waals surface area contributed by atoms with Gasteiger partial charge in [0.15, 0.2) is 0 Å². The SMILES string of the molecule is CCOC(=O)CN1CCN(C(=O)Nc2ccccc2C(C)C)CC1. The number of urea groups is 1. The molecule has 1 aliphatic heterocycles. The van der Waals surface area contributed by atoms with E-state index in [2.05, 4.69) is 19.2 Å². The van der Waals surface area contributed by atoms with Crippen molar-refractivity contribution in [1.29, 1.82) is 0 Å². The Bertz CT molecular complexity index is 566. The van der Waals surface area contributed by atoms with Crippen molar-refractivity contribution in [2.75, 3.05) is 44.6 Å². The molecule has 1 aromatic rings. The zero-order valence-electron chi connectivity index (χ0n) is 14.7. The van der Waals surface area contributed by atoms with Gasteiger partial charge >= 0.3 is 12.0 Å². The molecule has 132 valence electrons. The minimum atomic E-state index is -0.207. The number of anilines is 1. The topological polar surface area (TPSA) is 61.9 Å². The van der Waals surface area contributed by atoms with E-state index >= 15 is 0 Å². The van der Waals surface area contributed by atoms with E-state index in [1.807, 2.05) is 29.2 Å². The van der Waals surface area contributed by atoms with Crippen LogP contribution in [0.5, 0.6) is 0 Å². The Labute approximate surface area is 143 Å². The van der Waals surface area contributed by atoms with Crippen molar-refractivity contribution in [2.45, 2.75) is 26.7 Å². The zero-order valence-corrected chi connectivity index (χ0v) is 14.7. The van der Waals surface area contributed by atoms with Gasteiger partial charge in [-0.2, -0.15) is 0 Å². The molecule has 6 heteroatoms. The normalized spacial score (nSPS) is 15.4. The van der Waals surface area contributed by atoms with Crippen LogP contribution < -0.4 is 5.32 Å². The van der Waals surface area contributed by atoms with Gasteiger partial charge in [0.05, 0.1) is 13.2 Å². The molecule has 1 aliphatic rings. The summed E-state index contributed by atoms with van der Waals surface area (Å²) in [5.41, 5.74) is 2.00. The van der Waals surface area contributed by atoms with Crippen LogP contribution in [0.1, 0.15) is 32.3 Å². The van der Waals surface area contributed by atoms with Crippen LogP contribution in [0.15, 0.2) is 24.3 Å². The van der Waals surface area contributed by atoms with Crippen molar-refractivity contribution < 1.29 is 14.3 Å². The van der Waals surface area contributed by atoms with Crippen LogP contribution in [0, 0.1) is 0 Å². The van der Waals surface area contributed by atoms with E-state index in [4.69, 9.17) is 4.74 Å². The summed E-state index contributed by atoms with van der Waals surface area (Å²) in [7, 11) is 0. The maximum Gasteiger partial charge on any atom is 0.321 e. The average molecular weight is 333 g/mol. The summed E-state index contributed by atoms with van der Waals surface area (Å²) >= 11 is 0. The number of carbonyl (C=O) groups excluding carboxylic acids is 2. The number of amides is 2. The lowest BCUT2D eigenvalue weighted by Crippen LogP contribution is -2.51. The van der Waals surface area contributed by atoms with E-state index < -0.39 is 0 Å². The summed E-state index contributed by atoms with van der Waals surface area (Å²) < 4.78 is 4.96. The Hall–Kier alpha value is -2.08. The molecule has 0 aromatic heterocycles. The van der Waals surface area contributed by atoms with E-state index in [-0.39, 0.29) is 12.0 Å². The molecule has 1 fully saturated rings. The van der Waals surface area contributed by atoms with Gasteiger partial charge in [0.1, 0.15) is 0 Å². The molecule has 0 saturated carbocycles. The molecule has 1 heterocycles. The number of nitrogens with one attached hydrogen (secondary N) is 1. The number of benzene rings is 1. The van der Waals surface area contributed by atoms with Gasteiger partial charge in [-0.05, 0) is 24.5 Å². The number of rotatable bonds is 5. The Kier molecular flexibility index (Phi) is 6.61. The number of piperazine rings is 1. The lowest BCUT2D eigenvalue weighted by atomic mass is 10.0. The monoisotopic (exact) mass is 333 g/mol. The highest BCUT2D eigenvalue weighted by atomic mass is 16.5. The second kappa shape index (κ2) is 8.68. The number of hydrogen-bond acceptors (Lipinski definition) is 4. The van der Waals surface area contributed by atoms with Crippen LogP contribution in [-0.4, -0.2) is 61.1 Å². The first kappa shape index (κ1) is 18.3. The van der Waals surface area contributed by atoms with Gasteiger partial charge in [-0.3, -0.25) is 9.69 Å². The fourth-order valence-corrected chi connectivity index (χ4v) is 2.81. The Morgan fingerprint density at radius 1 is 1.17 bits per heavy atom. The van der Waals surface area contributed by atoms with Crippen LogP contribution in [0.3, 0.4) is 0 Å². The quantitative estimate of drug-likeness (QED) is 0.841. The third-order valence-electron chi connectivity index (χ3n) is 4.14. The first-order valence-electron chi connectivity index (χ1n) is 8.54. The molecule has 0 atom stereocenters. The minimum absolute atomic E-state index is 0.0844. The molecule has 0 unspecified atom stereocenters. The lowest BCUT2D eigenvalue weighted by Gasteiger charge is -2.34. The number of ether oxygens (including phenoxy) is 1. The third kappa shape index (κ3) is 4.96. The highest BCUT2D eigenvalue weighted by Gasteiger charge is 2.23. The van der Waals surface area contributed by atoms with E-state index in [9.17, 15) is 9.59 Å². The van der Waals surface area contributed by atoms with Gasteiger partial charge in [-0.15, -0.1) is 0 Å². The molecule has 6 nitrogen and oxygen atoms in total. The Morgan fingerprint density at radius 2 is 1.83 bits per heavy atom. The number of carbonyl (C=O) groups is 2. The number of esters is 1. The molecular weight excluding hydrogens is 306 g/mol. The average Bonchev–Trinajstić information content (AvgIpc) is 2.56. The van der Waals surface area contributed by atoms with Gasteiger partial charge in [-0.1, -0.05) is 32.0 Å². The van der Waals surface area contributed by atoms with E-state index in [1.54, 1.807) is 11.8 Å². The van der Waals surface area contributed by atoms with Gasteiger partial charge < -0.3 is 15.0 Å². The Morgan fingerprint density at radius 3 is 2.46 bits per heavy atom. The Balaban J connectivity index is 1.86. The van der Waals surface area contributed by atoms with Crippen LogP contribution >= 0.6 is 0 Å².